The summed E-state index contributed by atoms with van der Waals surface area (Å²) >= 11 is 0. The van der Waals surface area contributed by atoms with E-state index >= 15 is 0 Å². The monoisotopic (exact) mass is 487 g/mol. The molecule has 3 heterocycles. The molecule has 0 saturated heterocycles. The molecule has 38 heavy (non-hydrogen) atoms. The highest BCUT2D eigenvalue weighted by atomic mass is 16.3. The van der Waals surface area contributed by atoms with Crippen LogP contribution in [0, 0.1) is 0 Å². The number of nitrogens with zero attached hydrogens (tertiary/aromatic N) is 3. The smallest absolute Gasteiger partial charge is 0.231 e. The van der Waals surface area contributed by atoms with Crippen molar-refractivity contribution in [1.29, 1.82) is 0 Å². The first-order valence-electron chi connectivity index (χ1n) is 12.7. The molecule has 8 rings (SSSR count). The van der Waals surface area contributed by atoms with Crippen molar-refractivity contribution in [3.05, 3.63) is 127 Å². The number of rotatable bonds is 3. The minimum Gasteiger partial charge on any atom is -0.437 e. The van der Waals surface area contributed by atoms with Crippen LogP contribution in [0.15, 0.2) is 132 Å². The number of furan rings is 1. The third kappa shape index (κ3) is 3.10. The van der Waals surface area contributed by atoms with Crippen LogP contribution in [-0.2, 0) is 0 Å². The van der Waals surface area contributed by atoms with Gasteiger partial charge in [-0.2, -0.15) is 4.98 Å². The zero-order chi connectivity index (χ0) is 25.1. The lowest BCUT2D eigenvalue weighted by Crippen LogP contribution is -1.93. The van der Waals surface area contributed by atoms with E-state index in [0.29, 0.717) is 11.5 Å². The van der Waals surface area contributed by atoms with Crippen LogP contribution in [0.1, 0.15) is 0 Å². The molecule has 0 aliphatic rings. The molecule has 8 aromatic rings. The number of benzene rings is 5. The third-order valence-corrected chi connectivity index (χ3v) is 7.22. The van der Waals surface area contributed by atoms with E-state index in [0.717, 1.165) is 49.9 Å². The molecule has 4 nitrogen and oxygen atoms in total. The van der Waals surface area contributed by atoms with E-state index in [2.05, 4.69) is 77.4 Å². The summed E-state index contributed by atoms with van der Waals surface area (Å²) in [5.74, 6) is 0.653. The summed E-state index contributed by atoms with van der Waals surface area (Å²) in [5, 5.41) is 4.32. The van der Waals surface area contributed by atoms with Gasteiger partial charge in [0.1, 0.15) is 5.58 Å². The highest BCUT2D eigenvalue weighted by molar-refractivity contribution is 6.19. The van der Waals surface area contributed by atoms with Crippen molar-refractivity contribution < 1.29 is 4.42 Å². The van der Waals surface area contributed by atoms with Gasteiger partial charge in [-0.25, -0.2) is 4.98 Å². The zero-order valence-corrected chi connectivity index (χ0v) is 20.4. The maximum Gasteiger partial charge on any atom is 0.231 e. The lowest BCUT2D eigenvalue weighted by Gasteiger charge is -2.07. The van der Waals surface area contributed by atoms with E-state index in [9.17, 15) is 0 Å². The van der Waals surface area contributed by atoms with Crippen LogP contribution in [0.5, 0.6) is 0 Å². The van der Waals surface area contributed by atoms with Crippen LogP contribution in [0.4, 0.5) is 0 Å². The van der Waals surface area contributed by atoms with Gasteiger partial charge in [-0.15, -0.1) is 0 Å². The van der Waals surface area contributed by atoms with Crippen molar-refractivity contribution in [2.45, 2.75) is 0 Å². The maximum atomic E-state index is 6.51. The molecule has 0 N–H and O–H groups in total. The molecule has 0 radical (unpaired) electrons. The predicted molar refractivity (Wildman–Crippen MR) is 155 cm³/mol. The summed E-state index contributed by atoms with van der Waals surface area (Å²) in [6.45, 7) is 0. The summed E-state index contributed by atoms with van der Waals surface area (Å²) in [6.07, 6.45) is 0. The normalized spacial score (nSPS) is 11.7. The first-order chi connectivity index (χ1) is 18.8. The molecule has 0 fully saturated rings. The Morgan fingerprint density at radius 2 is 1.18 bits per heavy atom. The Kier molecular flexibility index (Phi) is 4.49. The second-order valence-corrected chi connectivity index (χ2v) is 9.46. The number of hydrogen-bond donors (Lipinski definition) is 0. The van der Waals surface area contributed by atoms with Crippen LogP contribution in [0.25, 0.3) is 72.2 Å². The van der Waals surface area contributed by atoms with Gasteiger partial charge in [0, 0.05) is 39.0 Å². The summed E-state index contributed by atoms with van der Waals surface area (Å²) < 4.78 is 8.81. The van der Waals surface area contributed by atoms with Crippen LogP contribution in [0.2, 0.25) is 0 Å². The van der Waals surface area contributed by atoms with Crippen LogP contribution >= 0.6 is 0 Å². The molecule has 3 aromatic heterocycles. The number of hydrogen-bond acceptors (Lipinski definition) is 3. The quantitative estimate of drug-likeness (QED) is 0.250. The Hall–Kier alpha value is -5.22. The number of para-hydroxylation sites is 2. The molecule has 0 atom stereocenters. The molecule has 0 unspecified atom stereocenters. The molecular formula is C34H21N3O. The molecule has 4 heteroatoms. The lowest BCUT2D eigenvalue weighted by molar-refractivity contribution is 0.654. The van der Waals surface area contributed by atoms with Gasteiger partial charge >= 0.3 is 0 Å². The maximum absolute atomic E-state index is 6.51. The van der Waals surface area contributed by atoms with E-state index in [1.165, 1.54) is 10.8 Å². The van der Waals surface area contributed by atoms with Crippen LogP contribution in [-0.4, -0.2) is 14.5 Å². The average Bonchev–Trinajstić information content (AvgIpc) is 3.51. The summed E-state index contributed by atoms with van der Waals surface area (Å²) in [4.78, 5) is 9.98. The van der Waals surface area contributed by atoms with Gasteiger partial charge in [-0.3, -0.25) is 0 Å². The van der Waals surface area contributed by atoms with Crippen molar-refractivity contribution in [1.82, 2.24) is 14.5 Å². The van der Waals surface area contributed by atoms with Crippen molar-refractivity contribution >= 4 is 43.9 Å². The summed E-state index contributed by atoms with van der Waals surface area (Å²) in [7, 11) is 0. The average molecular weight is 488 g/mol. The lowest BCUT2D eigenvalue weighted by atomic mass is 10.0. The Morgan fingerprint density at radius 3 is 1.95 bits per heavy atom. The Bertz CT molecular complexity index is 2110. The molecule has 0 aliphatic carbocycles. The second-order valence-electron chi connectivity index (χ2n) is 9.46. The zero-order valence-electron chi connectivity index (χ0n) is 20.4. The molecule has 0 spiro atoms. The van der Waals surface area contributed by atoms with E-state index in [-0.39, 0.29) is 0 Å². The van der Waals surface area contributed by atoms with Crippen molar-refractivity contribution in [2.24, 2.45) is 0 Å². The van der Waals surface area contributed by atoms with Gasteiger partial charge in [0.25, 0.3) is 0 Å². The highest BCUT2D eigenvalue weighted by Gasteiger charge is 2.21. The van der Waals surface area contributed by atoms with Crippen LogP contribution < -0.4 is 0 Å². The van der Waals surface area contributed by atoms with Gasteiger partial charge in [-0.05, 0) is 24.3 Å². The molecule has 0 aliphatic heterocycles. The fourth-order valence-electron chi connectivity index (χ4n) is 5.51. The van der Waals surface area contributed by atoms with E-state index in [1.807, 2.05) is 54.6 Å². The van der Waals surface area contributed by atoms with Crippen molar-refractivity contribution in [3.8, 4) is 28.3 Å². The minimum atomic E-state index is 0.593. The topological polar surface area (TPSA) is 43.9 Å². The Labute approximate surface area is 218 Å². The van der Waals surface area contributed by atoms with Crippen molar-refractivity contribution in [2.75, 3.05) is 0 Å². The Balaban J connectivity index is 1.51. The van der Waals surface area contributed by atoms with Gasteiger partial charge in [0.05, 0.1) is 22.1 Å². The van der Waals surface area contributed by atoms with Gasteiger partial charge in [0.15, 0.2) is 5.82 Å². The number of fused-ring (bicyclic) bond motifs is 6. The molecule has 0 amide bonds. The van der Waals surface area contributed by atoms with E-state index < -0.39 is 0 Å². The van der Waals surface area contributed by atoms with Gasteiger partial charge in [-0.1, -0.05) is 97.1 Å². The summed E-state index contributed by atoms with van der Waals surface area (Å²) in [5.41, 5.74) is 7.63. The minimum absolute atomic E-state index is 0.593. The van der Waals surface area contributed by atoms with Crippen LogP contribution in [0.3, 0.4) is 0 Å². The largest absolute Gasteiger partial charge is 0.437 e. The first kappa shape index (κ1) is 20.9. The Morgan fingerprint density at radius 1 is 0.526 bits per heavy atom. The number of aromatic nitrogens is 3. The SMILES string of the molecule is c1ccc(-c2nc(-c3ccccc3)c3c(n2)oc2cc4c(cc23)c2ccccc2n4-c2ccccc2)cc1. The first-order valence-corrected chi connectivity index (χ1v) is 12.7. The predicted octanol–water partition coefficient (Wildman–Crippen LogP) is 8.81. The molecule has 178 valence electrons. The van der Waals surface area contributed by atoms with E-state index in [1.54, 1.807) is 0 Å². The van der Waals surface area contributed by atoms with Crippen molar-refractivity contribution in [3.63, 3.8) is 0 Å². The highest BCUT2D eigenvalue weighted by Crippen LogP contribution is 2.41. The molecule has 0 bridgehead atoms. The fraction of sp³-hybridized carbons (Fsp3) is 0. The van der Waals surface area contributed by atoms with E-state index in [4.69, 9.17) is 14.4 Å². The second kappa shape index (κ2) is 8.15. The third-order valence-electron chi connectivity index (χ3n) is 7.22. The molecule has 0 saturated carbocycles. The molecule has 5 aromatic carbocycles. The van der Waals surface area contributed by atoms with Gasteiger partial charge < -0.3 is 8.98 Å². The fourth-order valence-corrected chi connectivity index (χ4v) is 5.51. The standard InChI is InChI=1S/C34H21N3O/c1-4-12-22(13-5-1)32-31-27-20-26-25-18-10-11-19-28(25)37(24-16-8-3-9-17-24)29(26)21-30(27)38-34(31)36-33(35-32)23-14-6-2-7-15-23/h1-21H. The molecular weight excluding hydrogens is 466 g/mol. The summed E-state index contributed by atoms with van der Waals surface area (Å²) in [6, 6.07) is 43.8. The van der Waals surface area contributed by atoms with Gasteiger partial charge in [0.2, 0.25) is 5.71 Å².